The number of fused-ring (bicyclic) bond motifs is 5. The topological polar surface area (TPSA) is 38.7 Å². The van der Waals surface area contributed by atoms with Crippen LogP contribution in [0.5, 0.6) is 0 Å². The zero-order valence-corrected chi connectivity index (χ0v) is 15.9. The highest BCUT2D eigenvalue weighted by atomic mass is 16.7. The molecule has 5 rings (SSSR count). The zero-order valence-electron chi connectivity index (χ0n) is 15.9. The van der Waals surface area contributed by atoms with Crippen molar-refractivity contribution in [1.29, 1.82) is 0 Å². The highest BCUT2D eigenvalue weighted by molar-refractivity contribution is 5.06. The van der Waals surface area contributed by atoms with E-state index in [1.54, 1.807) is 0 Å². The Morgan fingerprint density at radius 1 is 0.880 bits per heavy atom. The van der Waals surface area contributed by atoms with Gasteiger partial charge in [-0.2, -0.15) is 0 Å². The molecule has 25 heavy (non-hydrogen) atoms. The largest absolute Gasteiger partial charge is 0.396 e. The van der Waals surface area contributed by atoms with Gasteiger partial charge in [-0.25, -0.2) is 0 Å². The first kappa shape index (κ1) is 17.0. The predicted octanol–water partition coefficient (Wildman–Crippen LogP) is 4.38. The van der Waals surface area contributed by atoms with Crippen LogP contribution in [-0.2, 0) is 9.47 Å². The molecule has 0 aromatic heterocycles. The lowest BCUT2D eigenvalue weighted by molar-refractivity contribution is -0.209. The minimum absolute atomic E-state index is 0.198. The van der Waals surface area contributed by atoms with Crippen molar-refractivity contribution in [3.63, 3.8) is 0 Å². The maximum atomic E-state index is 9.50. The van der Waals surface area contributed by atoms with Gasteiger partial charge in [0, 0.05) is 19.4 Å². The van der Waals surface area contributed by atoms with Gasteiger partial charge >= 0.3 is 0 Å². The third-order valence-corrected chi connectivity index (χ3v) is 9.44. The van der Waals surface area contributed by atoms with Crippen LogP contribution in [0.4, 0.5) is 0 Å². The summed E-state index contributed by atoms with van der Waals surface area (Å²) < 4.78 is 12.1. The summed E-state index contributed by atoms with van der Waals surface area (Å²) in [6.45, 7) is 4.56. The summed E-state index contributed by atoms with van der Waals surface area (Å²) in [7, 11) is 0. The normalized spacial score (nSPS) is 51.1. The molecule has 3 heteroatoms. The molecule has 3 nitrogen and oxygen atoms in total. The monoisotopic (exact) mass is 348 g/mol. The van der Waals surface area contributed by atoms with Gasteiger partial charge in [-0.1, -0.05) is 6.92 Å². The van der Waals surface area contributed by atoms with Crippen molar-refractivity contribution < 1.29 is 14.6 Å². The minimum atomic E-state index is -0.198. The average molecular weight is 349 g/mol. The van der Waals surface area contributed by atoms with Crippen molar-refractivity contribution in [2.24, 2.45) is 40.9 Å². The van der Waals surface area contributed by atoms with Gasteiger partial charge in [0.2, 0.25) is 0 Å². The molecule has 0 aromatic carbocycles. The summed E-state index contributed by atoms with van der Waals surface area (Å²) in [6, 6.07) is 0. The molecule has 5 aliphatic rings. The molecule has 1 aliphatic heterocycles. The molecule has 0 radical (unpaired) electrons. The molecule has 1 spiro atoms. The second kappa shape index (κ2) is 6.21. The molecule has 1 saturated heterocycles. The van der Waals surface area contributed by atoms with Crippen LogP contribution in [-0.4, -0.2) is 30.7 Å². The van der Waals surface area contributed by atoms with Crippen molar-refractivity contribution in [2.45, 2.75) is 76.9 Å². The SMILES string of the molecule is C[C@]12CCC3[C@@H](CC[C@@H]4CC5(CC[C@H]34)OCCO5)C1CCC2CCO. The Balaban J connectivity index is 1.32. The summed E-state index contributed by atoms with van der Waals surface area (Å²) >= 11 is 0. The molecule has 0 aromatic rings. The van der Waals surface area contributed by atoms with Gasteiger partial charge in [-0.3, -0.25) is 0 Å². The Bertz CT molecular complexity index is 500. The molecule has 1 heterocycles. The Labute approximate surface area is 152 Å². The van der Waals surface area contributed by atoms with E-state index in [2.05, 4.69) is 6.92 Å². The fourth-order valence-electron chi connectivity index (χ4n) is 8.32. The number of rotatable bonds is 2. The first-order chi connectivity index (χ1) is 12.2. The molecular formula is C22H36O3. The van der Waals surface area contributed by atoms with Crippen molar-refractivity contribution in [3.8, 4) is 0 Å². The summed E-state index contributed by atoms with van der Waals surface area (Å²) in [5.41, 5.74) is 0.518. The zero-order chi connectivity index (χ0) is 17.1. The Morgan fingerprint density at radius 2 is 1.68 bits per heavy atom. The first-order valence-corrected chi connectivity index (χ1v) is 11.0. The lowest BCUT2D eigenvalue weighted by atomic mass is 9.49. The smallest absolute Gasteiger partial charge is 0.168 e. The summed E-state index contributed by atoms with van der Waals surface area (Å²) in [5, 5.41) is 9.50. The van der Waals surface area contributed by atoms with E-state index in [1.807, 2.05) is 0 Å². The standard InChI is InChI=1S/C22H36O3/c1-21-9-6-18-17-7-10-22(24-12-13-25-22)14-15(17)2-4-19(18)20(21)5-3-16(21)8-11-23/h15-20,23H,2-14H2,1H3/t15-,16?,17+,18?,19-,20?,21-/m1/s1. The van der Waals surface area contributed by atoms with Gasteiger partial charge in [-0.15, -0.1) is 0 Å². The molecule has 1 N–H and O–H groups in total. The van der Waals surface area contributed by atoms with Crippen LogP contribution in [0.1, 0.15) is 71.1 Å². The van der Waals surface area contributed by atoms with E-state index in [-0.39, 0.29) is 5.79 Å². The van der Waals surface area contributed by atoms with Gasteiger partial charge in [0.1, 0.15) is 0 Å². The molecule has 0 amide bonds. The number of aliphatic hydroxyl groups is 1. The van der Waals surface area contributed by atoms with Crippen LogP contribution in [0.25, 0.3) is 0 Å². The van der Waals surface area contributed by atoms with E-state index in [1.165, 1.54) is 44.9 Å². The van der Waals surface area contributed by atoms with E-state index in [4.69, 9.17) is 9.47 Å². The first-order valence-electron chi connectivity index (χ1n) is 11.0. The van der Waals surface area contributed by atoms with Gasteiger partial charge in [-0.05, 0) is 92.3 Å². The quantitative estimate of drug-likeness (QED) is 0.805. The third kappa shape index (κ3) is 2.56. The summed E-state index contributed by atoms with van der Waals surface area (Å²) in [5.74, 6) is 5.20. The second-order valence-corrected chi connectivity index (χ2v) is 10.1. The van der Waals surface area contributed by atoms with Crippen LogP contribution < -0.4 is 0 Å². The lowest BCUT2D eigenvalue weighted by Crippen LogP contribution is -2.51. The predicted molar refractivity (Wildman–Crippen MR) is 96.9 cm³/mol. The van der Waals surface area contributed by atoms with E-state index >= 15 is 0 Å². The maximum Gasteiger partial charge on any atom is 0.168 e. The Hall–Kier alpha value is -0.120. The van der Waals surface area contributed by atoms with Crippen LogP contribution >= 0.6 is 0 Å². The minimum Gasteiger partial charge on any atom is -0.396 e. The van der Waals surface area contributed by atoms with E-state index in [0.717, 1.165) is 68.0 Å². The summed E-state index contributed by atoms with van der Waals surface area (Å²) in [4.78, 5) is 0. The maximum absolute atomic E-state index is 9.50. The van der Waals surface area contributed by atoms with Crippen LogP contribution in [0.15, 0.2) is 0 Å². The van der Waals surface area contributed by atoms with Crippen molar-refractivity contribution in [3.05, 3.63) is 0 Å². The Morgan fingerprint density at radius 3 is 2.48 bits per heavy atom. The second-order valence-electron chi connectivity index (χ2n) is 10.1. The van der Waals surface area contributed by atoms with Crippen LogP contribution in [0.2, 0.25) is 0 Å². The van der Waals surface area contributed by atoms with Gasteiger partial charge in [0.15, 0.2) is 5.79 Å². The highest BCUT2D eigenvalue weighted by Crippen LogP contribution is 2.65. The van der Waals surface area contributed by atoms with Gasteiger partial charge in [0.05, 0.1) is 13.2 Å². The number of hydrogen-bond donors (Lipinski definition) is 1. The lowest BCUT2D eigenvalue weighted by Gasteiger charge is -2.57. The number of aliphatic hydroxyl groups excluding tert-OH is 1. The molecule has 142 valence electrons. The molecular weight excluding hydrogens is 312 g/mol. The molecule has 7 atom stereocenters. The van der Waals surface area contributed by atoms with E-state index in [0.29, 0.717) is 12.0 Å². The van der Waals surface area contributed by atoms with Gasteiger partial charge in [0.25, 0.3) is 0 Å². The van der Waals surface area contributed by atoms with Crippen molar-refractivity contribution >= 4 is 0 Å². The van der Waals surface area contributed by atoms with Crippen LogP contribution in [0, 0.1) is 40.9 Å². The van der Waals surface area contributed by atoms with Crippen molar-refractivity contribution in [1.82, 2.24) is 0 Å². The molecule has 5 fully saturated rings. The average Bonchev–Trinajstić information content (AvgIpc) is 3.20. The molecule has 0 bridgehead atoms. The number of ether oxygens (including phenoxy) is 2. The van der Waals surface area contributed by atoms with Crippen LogP contribution in [0.3, 0.4) is 0 Å². The van der Waals surface area contributed by atoms with E-state index < -0.39 is 0 Å². The molecule has 3 unspecified atom stereocenters. The fourth-order valence-corrected chi connectivity index (χ4v) is 8.32. The third-order valence-electron chi connectivity index (χ3n) is 9.44. The molecule has 4 aliphatic carbocycles. The highest BCUT2D eigenvalue weighted by Gasteiger charge is 2.58. The van der Waals surface area contributed by atoms with Crippen molar-refractivity contribution in [2.75, 3.05) is 19.8 Å². The van der Waals surface area contributed by atoms with Gasteiger partial charge < -0.3 is 14.6 Å². The summed E-state index contributed by atoms with van der Waals surface area (Å²) in [6.07, 6.45) is 13.1. The molecule has 4 saturated carbocycles. The number of hydrogen-bond acceptors (Lipinski definition) is 3. The Kier molecular flexibility index (Phi) is 4.22. The van der Waals surface area contributed by atoms with E-state index in [9.17, 15) is 5.11 Å². The fraction of sp³-hybridized carbons (Fsp3) is 1.00.